The molecule has 18 heavy (non-hydrogen) atoms. The molecule has 0 saturated carbocycles. The lowest BCUT2D eigenvalue weighted by Crippen LogP contribution is -2.04. The van der Waals surface area contributed by atoms with Gasteiger partial charge in [0.1, 0.15) is 0 Å². The molecule has 0 aromatic heterocycles. The zero-order chi connectivity index (χ0) is 13.5. The minimum Gasteiger partial charge on any atom is -0.381 e. The van der Waals surface area contributed by atoms with Crippen molar-refractivity contribution in [1.82, 2.24) is 0 Å². The normalized spacial score (nSPS) is 11.1. The number of alkyl halides is 2. The number of nitrogens with zero attached hydrogens (tertiary/aromatic N) is 1. The van der Waals surface area contributed by atoms with Crippen LogP contribution >= 0.6 is 0 Å². The number of halogens is 2. The second-order valence-corrected chi connectivity index (χ2v) is 3.42. The molecule has 3 N–H and O–H groups in total. The van der Waals surface area contributed by atoms with Crippen LogP contribution in [0.2, 0.25) is 0 Å². The van der Waals surface area contributed by atoms with Gasteiger partial charge in [-0.1, -0.05) is 12.2 Å². The summed E-state index contributed by atoms with van der Waals surface area (Å²) >= 11 is 0. The minimum atomic E-state index is -2.77. The summed E-state index contributed by atoms with van der Waals surface area (Å²) in [6.07, 6.45) is 0.600. The summed E-state index contributed by atoms with van der Waals surface area (Å²) in [5, 5.41) is 13.3. The number of hydrogen-bond donors (Lipinski definition) is 2. The molecule has 1 aromatic rings. The van der Waals surface area contributed by atoms with Gasteiger partial charge in [0, 0.05) is 36.5 Å². The Bertz CT molecular complexity index is 450. The van der Waals surface area contributed by atoms with Crippen LogP contribution in [0, 0.1) is 10.1 Å². The second-order valence-electron chi connectivity index (χ2n) is 3.42. The zero-order valence-corrected chi connectivity index (χ0v) is 9.48. The molecule has 0 aliphatic rings. The quantitative estimate of drug-likeness (QED) is 0.466. The van der Waals surface area contributed by atoms with Crippen molar-refractivity contribution in [3.63, 3.8) is 0 Å². The first-order valence-corrected chi connectivity index (χ1v) is 5.21. The smallest absolute Gasteiger partial charge is 0.270 e. The molecule has 0 saturated heterocycles. The van der Waals surface area contributed by atoms with Crippen molar-refractivity contribution in [3.8, 4) is 0 Å². The lowest BCUT2D eigenvalue weighted by Gasteiger charge is -2.09. The van der Waals surface area contributed by atoms with E-state index >= 15 is 0 Å². The highest BCUT2D eigenvalue weighted by molar-refractivity contribution is 5.56. The van der Waals surface area contributed by atoms with Crippen LogP contribution < -0.4 is 11.1 Å². The molecule has 0 radical (unpaired) electrons. The van der Waals surface area contributed by atoms with Gasteiger partial charge in [-0.05, 0) is 6.07 Å². The van der Waals surface area contributed by atoms with E-state index < -0.39 is 11.3 Å². The molecular formula is C11H13F2N3O2. The lowest BCUT2D eigenvalue weighted by molar-refractivity contribution is -0.385. The van der Waals surface area contributed by atoms with Gasteiger partial charge in [0.2, 0.25) is 0 Å². The fourth-order valence-electron chi connectivity index (χ4n) is 1.35. The fraction of sp³-hybridized carbons (Fsp3) is 0.273. The Morgan fingerprint density at radius 1 is 1.44 bits per heavy atom. The molecule has 1 rings (SSSR count). The van der Waals surface area contributed by atoms with E-state index in [4.69, 9.17) is 5.73 Å². The summed E-state index contributed by atoms with van der Waals surface area (Å²) in [7, 11) is 0. The molecule has 0 fully saturated rings. The number of hydrogen-bond acceptors (Lipinski definition) is 4. The summed E-state index contributed by atoms with van der Waals surface area (Å²) in [5.74, 6) is 0. The Hall–Kier alpha value is -2.02. The Balaban J connectivity index is 2.90. The second kappa shape index (κ2) is 6.65. The van der Waals surface area contributed by atoms with E-state index in [0.29, 0.717) is 13.1 Å². The number of nitrogens with one attached hydrogen (secondary N) is 1. The highest BCUT2D eigenvalue weighted by Gasteiger charge is 2.17. The first kappa shape index (κ1) is 14.0. The van der Waals surface area contributed by atoms with Crippen LogP contribution in [0.1, 0.15) is 12.0 Å². The molecule has 0 bridgehead atoms. The third-order valence-corrected chi connectivity index (χ3v) is 2.19. The molecule has 7 heteroatoms. The van der Waals surface area contributed by atoms with E-state index in [-0.39, 0.29) is 16.9 Å². The van der Waals surface area contributed by atoms with Crippen molar-refractivity contribution in [1.29, 1.82) is 0 Å². The van der Waals surface area contributed by atoms with Crippen LogP contribution in [-0.2, 0) is 0 Å². The number of non-ortho nitro benzene ring substituents is 1. The van der Waals surface area contributed by atoms with E-state index in [9.17, 15) is 18.9 Å². The number of benzene rings is 1. The molecule has 98 valence electrons. The zero-order valence-electron chi connectivity index (χ0n) is 9.48. The highest BCUT2D eigenvalue weighted by Crippen LogP contribution is 2.30. The molecular weight excluding hydrogens is 244 g/mol. The number of rotatable bonds is 6. The number of nitrogens with two attached hydrogens (primary N) is 1. The van der Waals surface area contributed by atoms with Gasteiger partial charge in [-0.15, -0.1) is 0 Å². The molecule has 0 amide bonds. The van der Waals surface area contributed by atoms with E-state index in [0.717, 1.165) is 6.07 Å². The third-order valence-electron chi connectivity index (χ3n) is 2.19. The van der Waals surface area contributed by atoms with Crippen molar-refractivity contribution in [2.24, 2.45) is 5.73 Å². The molecule has 0 heterocycles. The van der Waals surface area contributed by atoms with E-state index in [1.54, 1.807) is 12.2 Å². The Morgan fingerprint density at radius 3 is 2.72 bits per heavy atom. The maximum atomic E-state index is 12.7. The molecule has 0 aliphatic carbocycles. The molecule has 5 nitrogen and oxygen atoms in total. The number of nitro benzene ring substituents is 1. The summed E-state index contributed by atoms with van der Waals surface area (Å²) in [5.41, 5.74) is 4.67. The molecule has 0 atom stereocenters. The summed E-state index contributed by atoms with van der Waals surface area (Å²) in [6, 6.07) is 3.33. The first-order valence-electron chi connectivity index (χ1n) is 5.21. The summed E-state index contributed by atoms with van der Waals surface area (Å²) in [6.45, 7) is 0.693. The predicted molar refractivity (Wildman–Crippen MR) is 64.7 cm³/mol. The van der Waals surface area contributed by atoms with Crippen molar-refractivity contribution in [2.45, 2.75) is 6.43 Å². The number of nitro groups is 1. The largest absolute Gasteiger partial charge is 0.381 e. The van der Waals surface area contributed by atoms with Crippen molar-refractivity contribution >= 4 is 11.4 Å². The van der Waals surface area contributed by atoms with Crippen LogP contribution in [0.15, 0.2) is 30.4 Å². The number of anilines is 1. The van der Waals surface area contributed by atoms with Gasteiger partial charge in [-0.2, -0.15) is 0 Å². The first-order chi connectivity index (χ1) is 8.56. The van der Waals surface area contributed by atoms with Crippen LogP contribution in [0.3, 0.4) is 0 Å². The van der Waals surface area contributed by atoms with Gasteiger partial charge in [-0.25, -0.2) is 8.78 Å². The monoisotopic (exact) mass is 257 g/mol. The molecule has 0 spiro atoms. The summed E-state index contributed by atoms with van der Waals surface area (Å²) in [4.78, 5) is 9.80. The Kier molecular flexibility index (Phi) is 5.19. The Labute approximate surface area is 102 Å². The molecule has 1 aromatic carbocycles. The highest BCUT2D eigenvalue weighted by atomic mass is 19.3. The van der Waals surface area contributed by atoms with Crippen LogP contribution in [-0.4, -0.2) is 18.0 Å². The van der Waals surface area contributed by atoms with Crippen molar-refractivity contribution in [2.75, 3.05) is 18.4 Å². The van der Waals surface area contributed by atoms with Crippen LogP contribution in [0.25, 0.3) is 0 Å². The summed E-state index contributed by atoms with van der Waals surface area (Å²) < 4.78 is 25.5. The third kappa shape index (κ3) is 3.77. The lowest BCUT2D eigenvalue weighted by atomic mass is 10.1. The maximum Gasteiger partial charge on any atom is 0.270 e. The van der Waals surface area contributed by atoms with E-state index in [2.05, 4.69) is 5.32 Å². The van der Waals surface area contributed by atoms with Crippen molar-refractivity contribution in [3.05, 3.63) is 46.0 Å². The fourth-order valence-corrected chi connectivity index (χ4v) is 1.35. The van der Waals surface area contributed by atoms with E-state index in [1.807, 2.05) is 0 Å². The minimum absolute atomic E-state index is 0.178. The predicted octanol–water partition coefficient (Wildman–Crippen LogP) is 2.46. The van der Waals surface area contributed by atoms with Gasteiger partial charge in [0.15, 0.2) is 0 Å². The van der Waals surface area contributed by atoms with Gasteiger partial charge in [0.25, 0.3) is 12.1 Å². The molecule has 0 aliphatic heterocycles. The van der Waals surface area contributed by atoms with Crippen molar-refractivity contribution < 1.29 is 13.7 Å². The van der Waals surface area contributed by atoms with Gasteiger partial charge in [-0.3, -0.25) is 10.1 Å². The Morgan fingerprint density at radius 2 is 2.17 bits per heavy atom. The van der Waals surface area contributed by atoms with E-state index in [1.165, 1.54) is 12.1 Å². The van der Waals surface area contributed by atoms with Gasteiger partial charge in [0.05, 0.1) is 4.92 Å². The standard InChI is InChI=1S/C11H13F2N3O2/c12-11(13)9-7-8(16(17)18)3-4-10(9)15-6-2-1-5-14/h1-4,7,11,15H,5-6,14H2/b2-1+. The molecule has 0 unspecified atom stereocenters. The average Bonchev–Trinajstić information content (AvgIpc) is 2.34. The van der Waals surface area contributed by atoms with Crippen LogP contribution in [0.4, 0.5) is 20.2 Å². The SMILES string of the molecule is NC/C=C/CNc1ccc([N+](=O)[O-])cc1C(F)F. The van der Waals surface area contributed by atoms with Gasteiger partial charge >= 0.3 is 0 Å². The van der Waals surface area contributed by atoms with Crippen LogP contribution in [0.5, 0.6) is 0 Å². The topological polar surface area (TPSA) is 81.2 Å². The maximum absolute atomic E-state index is 12.7. The average molecular weight is 257 g/mol. The van der Waals surface area contributed by atoms with Gasteiger partial charge < -0.3 is 11.1 Å².